The summed E-state index contributed by atoms with van der Waals surface area (Å²) < 4.78 is 13.2. The van der Waals surface area contributed by atoms with Crippen LogP contribution in [-0.2, 0) is 4.79 Å². The van der Waals surface area contributed by atoms with Gasteiger partial charge in [0.2, 0.25) is 0 Å². The van der Waals surface area contributed by atoms with Crippen LogP contribution in [0.15, 0.2) is 24.3 Å². The molecule has 1 aromatic carbocycles. The zero-order valence-corrected chi connectivity index (χ0v) is 21.0. The molecule has 8 nitrogen and oxygen atoms in total. The summed E-state index contributed by atoms with van der Waals surface area (Å²) in [5.74, 6) is 0.322. The van der Waals surface area contributed by atoms with Gasteiger partial charge in [0.05, 0.1) is 31.5 Å². The number of rotatable bonds is 8. The van der Waals surface area contributed by atoms with Crippen LogP contribution in [0.3, 0.4) is 0 Å². The molecule has 2 saturated carbocycles. The second kappa shape index (κ2) is 11.1. The normalized spacial score (nSPS) is 21.8. The van der Waals surface area contributed by atoms with Crippen LogP contribution in [0.5, 0.6) is 11.5 Å². The van der Waals surface area contributed by atoms with Gasteiger partial charge in [0.15, 0.2) is 5.69 Å². The number of aromatic nitrogens is 2. The monoisotopic (exact) mass is 483 g/mol. The van der Waals surface area contributed by atoms with E-state index in [2.05, 4.69) is 12.2 Å². The number of carbonyl (C=O) groups is 2. The zero-order chi connectivity index (χ0) is 24.9. The highest BCUT2D eigenvalue weighted by molar-refractivity contribution is 5.96. The lowest BCUT2D eigenvalue weighted by atomic mass is 9.84. The standard InChI is InChI=1S/C27H37N3O5/c1-17-9-7-12-19(15-17)30-21(24-22(34-2)13-8-14-23(24)35-3)16-20(29-30)26(31)28-25(27(32)33)18-10-5-4-6-11-18/h8,13-14,16-19,25H,4-7,9-12,15H2,1-3H3,(H,28,31)(H,32,33)/t17?,19?,25-/m0/s1. The number of ether oxygens (including phenoxy) is 2. The van der Waals surface area contributed by atoms with Crippen LogP contribution in [0, 0.1) is 11.8 Å². The molecule has 2 aromatic rings. The molecule has 2 aliphatic rings. The van der Waals surface area contributed by atoms with E-state index < -0.39 is 17.9 Å². The van der Waals surface area contributed by atoms with Crippen molar-refractivity contribution in [3.05, 3.63) is 30.0 Å². The molecule has 1 heterocycles. The molecule has 190 valence electrons. The first kappa shape index (κ1) is 25.1. The summed E-state index contributed by atoms with van der Waals surface area (Å²) >= 11 is 0. The number of methoxy groups -OCH3 is 2. The second-order valence-electron chi connectivity index (χ2n) is 10.0. The first-order chi connectivity index (χ1) is 16.9. The Morgan fingerprint density at radius 2 is 1.74 bits per heavy atom. The molecule has 3 atom stereocenters. The van der Waals surface area contributed by atoms with Crippen molar-refractivity contribution < 1.29 is 24.2 Å². The van der Waals surface area contributed by atoms with Crippen LogP contribution in [0.1, 0.15) is 81.2 Å². The first-order valence-electron chi connectivity index (χ1n) is 12.8. The summed E-state index contributed by atoms with van der Waals surface area (Å²) in [6, 6.07) is 6.56. The largest absolute Gasteiger partial charge is 0.496 e. The van der Waals surface area contributed by atoms with Gasteiger partial charge in [0.1, 0.15) is 17.5 Å². The SMILES string of the molecule is COc1cccc(OC)c1-c1cc(C(=O)N[C@H](C(=O)O)C2CCCCC2)nn1C1CCCC(C)C1. The van der Waals surface area contributed by atoms with E-state index in [0.717, 1.165) is 62.6 Å². The Labute approximate surface area is 207 Å². The fraction of sp³-hybridized carbons (Fsp3) is 0.593. The maximum absolute atomic E-state index is 13.3. The number of carboxylic acid groups (broad SMARTS) is 1. The number of nitrogens with zero attached hydrogens (tertiary/aromatic N) is 2. The van der Waals surface area contributed by atoms with Gasteiger partial charge in [-0.1, -0.05) is 45.1 Å². The van der Waals surface area contributed by atoms with Crippen LogP contribution in [0.25, 0.3) is 11.3 Å². The van der Waals surface area contributed by atoms with E-state index in [1.807, 2.05) is 22.9 Å². The van der Waals surface area contributed by atoms with Crippen LogP contribution < -0.4 is 14.8 Å². The molecule has 0 radical (unpaired) electrons. The first-order valence-corrected chi connectivity index (χ1v) is 12.8. The Hall–Kier alpha value is -3.03. The van der Waals surface area contributed by atoms with E-state index in [1.54, 1.807) is 20.3 Å². The van der Waals surface area contributed by atoms with E-state index in [4.69, 9.17) is 14.6 Å². The lowest BCUT2D eigenvalue weighted by Gasteiger charge is -2.29. The Morgan fingerprint density at radius 3 is 2.34 bits per heavy atom. The highest BCUT2D eigenvalue weighted by Crippen LogP contribution is 2.42. The fourth-order valence-corrected chi connectivity index (χ4v) is 5.76. The van der Waals surface area contributed by atoms with Crippen molar-refractivity contribution in [1.82, 2.24) is 15.1 Å². The molecule has 0 bridgehead atoms. The van der Waals surface area contributed by atoms with Gasteiger partial charge in [0.25, 0.3) is 5.91 Å². The number of carbonyl (C=O) groups excluding carboxylic acids is 1. The number of hydrogen-bond donors (Lipinski definition) is 2. The molecule has 0 spiro atoms. The number of hydrogen-bond acceptors (Lipinski definition) is 5. The maximum atomic E-state index is 13.3. The van der Waals surface area contributed by atoms with Gasteiger partial charge in [-0.05, 0) is 55.7 Å². The summed E-state index contributed by atoms with van der Waals surface area (Å²) in [5.41, 5.74) is 1.70. The van der Waals surface area contributed by atoms with Gasteiger partial charge >= 0.3 is 5.97 Å². The minimum atomic E-state index is -0.989. The predicted molar refractivity (Wildman–Crippen MR) is 133 cm³/mol. The third-order valence-corrected chi connectivity index (χ3v) is 7.58. The summed E-state index contributed by atoms with van der Waals surface area (Å²) in [5, 5.41) is 17.4. The number of benzene rings is 1. The summed E-state index contributed by atoms with van der Waals surface area (Å²) in [7, 11) is 3.22. The van der Waals surface area contributed by atoms with Crippen LogP contribution in [0.2, 0.25) is 0 Å². The van der Waals surface area contributed by atoms with Gasteiger partial charge < -0.3 is 19.9 Å². The molecule has 8 heteroatoms. The van der Waals surface area contributed by atoms with Crippen molar-refractivity contribution in [2.75, 3.05) is 14.2 Å². The zero-order valence-electron chi connectivity index (χ0n) is 21.0. The number of carboxylic acids is 1. The average Bonchev–Trinajstić information content (AvgIpc) is 3.32. The predicted octanol–water partition coefficient (Wildman–Crippen LogP) is 5.08. The molecule has 0 aliphatic heterocycles. The minimum absolute atomic E-state index is 0.0553. The Bertz CT molecular complexity index is 1020. The van der Waals surface area contributed by atoms with Crippen LogP contribution >= 0.6 is 0 Å². The van der Waals surface area contributed by atoms with E-state index in [1.165, 1.54) is 6.42 Å². The third-order valence-electron chi connectivity index (χ3n) is 7.58. The highest BCUT2D eigenvalue weighted by Gasteiger charge is 2.33. The third kappa shape index (κ3) is 5.46. The number of aliphatic carboxylic acids is 1. The van der Waals surface area contributed by atoms with E-state index in [-0.39, 0.29) is 17.7 Å². The van der Waals surface area contributed by atoms with Gasteiger partial charge in [-0.2, -0.15) is 5.10 Å². The lowest BCUT2D eigenvalue weighted by Crippen LogP contribution is -2.46. The van der Waals surface area contributed by atoms with Gasteiger partial charge in [-0.3, -0.25) is 9.48 Å². The minimum Gasteiger partial charge on any atom is -0.496 e. The van der Waals surface area contributed by atoms with Crippen molar-refractivity contribution in [1.29, 1.82) is 0 Å². The molecule has 2 unspecified atom stereocenters. The number of nitrogens with one attached hydrogen (secondary N) is 1. The van der Waals surface area contributed by atoms with E-state index >= 15 is 0 Å². The van der Waals surface area contributed by atoms with Crippen molar-refractivity contribution in [3.63, 3.8) is 0 Å². The Balaban J connectivity index is 1.72. The molecule has 2 aliphatic carbocycles. The van der Waals surface area contributed by atoms with Crippen molar-refractivity contribution in [3.8, 4) is 22.8 Å². The quantitative estimate of drug-likeness (QED) is 0.543. The highest BCUT2D eigenvalue weighted by atomic mass is 16.5. The number of amides is 1. The molecular formula is C27H37N3O5. The second-order valence-corrected chi connectivity index (χ2v) is 10.0. The topological polar surface area (TPSA) is 103 Å². The summed E-state index contributed by atoms with van der Waals surface area (Å²) in [6.45, 7) is 2.24. The van der Waals surface area contributed by atoms with Crippen LogP contribution in [-0.4, -0.2) is 47.0 Å². The maximum Gasteiger partial charge on any atom is 0.326 e. The molecule has 2 N–H and O–H groups in total. The Morgan fingerprint density at radius 1 is 1.06 bits per heavy atom. The molecule has 4 rings (SSSR count). The van der Waals surface area contributed by atoms with Gasteiger partial charge in [0, 0.05) is 0 Å². The molecular weight excluding hydrogens is 446 g/mol. The van der Waals surface area contributed by atoms with Crippen molar-refractivity contribution in [2.24, 2.45) is 11.8 Å². The fourth-order valence-electron chi connectivity index (χ4n) is 5.76. The van der Waals surface area contributed by atoms with Gasteiger partial charge in [-0.15, -0.1) is 0 Å². The van der Waals surface area contributed by atoms with E-state index in [9.17, 15) is 14.7 Å². The van der Waals surface area contributed by atoms with Gasteiger partial charge in [-0.25, -0.2) is 4.79 Å². The smallest absolute Gasteiger partial charge is 0.326 e. The Kier molecular flexibility index (Phi) is 7.98. The van der Waals surface area contributed by atoms with Crippen LogP contribution in [0.4, 0.5) is 0 Å². The van der Waals surface area contributed by atoms with E-state index in [0.29, 0.717) is 17.4 Å². The van der Waals surface area contributed by atoms with Crippen molar-refractivity contribution >= 4 is 11.9 Å². The molecule has 0 saturated heterocycles. The average molecular weight is 484 g/mol. The van der Waals surface area contributed by atoms with Crippen molar-refractivity contribution in [2.45, 2.75) is 76.8 Å². The summed E-state index contributed by atoms with van der Waals surface area (Å²) in [4.78, 5) is 25.4. The molecule has 35 heavy (non-hydrogen) atoms. The molecule has 1 aromatic heterocycles. The molecule has 1 amide bonds. The molecule has 2 fully saturated rings. The summed E-state index contributed by atoms with van der Waals surface area (Å²) in [6.07, 6.45) is 8.95. The lowest BCUT2D eigenvalue weighted by molar-refractivity contribution is -0.141.